The number of aryl methyl sites for hydroxylation is 2. The summed E-state index contributed by atoms with van der Waals surface area (Å²) in [5.41, 5.74) is 8.73. The van der Waals surface area contributed by atoms with Gasteiger partial charge in [-0.1, -0.05) is 140 Å². The van der Waals surface area contributed by atoms with Crippen molar-refractivity contribution in [1.82, 2.24) is 0 Å². The molecule has 2 aromatic carbocycles. The smallest absolute Gasteiger partial charge is 0.684 e. The molecule has 2 heterocycles. The van der Waals surface area contributed by atoms with Crippen LogP contribution in [0.2, 0.25) is 0 Å². The molecule has 0 spiro atoms. The van der Waals surface area contributed by atoms with E-state index in [1.54, 1.807) is 0 Å². The molecule has 4 aliphatic rings. The van der Waals surface area contributed by atoms with Gasteiger partial charge in [0.2, 0.25) is 0 Å². The van der Waals surface area contributed by atoms with Crippen LogP contribution >= 0.6 is 0 Å². The second kappa shape index (κ2) is 27.1. The number of aliphatic hydroxyl groups is 2. The molecule has 4 nitrogen and oxygen atoms in total. The molecule has 292 valence electrons. The molecule has 2 radical (unpaired) electrons. The van der Waals surface area contributed by atoms with Gasteiger partial charge in [-0.15, -0.1) is 24.5 Å². The molecule has 0 saturated heterocycles. The SMILES string of the molecule is CC1C(C)C(C)C(c2cccc3c2[N-]CCC3)C1C.CC1C(C)C(C)C(c2cccc3c2[N-]CCC3)C1C.OCCCCCCO.[CH3-].[CH3-].[CH3-].[CH3-].[Ti+3].[Ti+3]. The second-order valence-corrected chi connectivity index (χ2v) is 15.5. The summed E-state index contributed by atoms with van der Waals surface area (Å²) in [6, 6.07) is 13.7. The van der Waals surface area contributed by atoms with Gasteiger partial charge in [0.25, 0.3) is 0 Å². The van der Waals surface area contributed by atoms with E-state index in [-0.39, 0.29) is 86.4 Å². The Morgan fingerprint density at radius 3 is 1.08 bits per heavy atom. The number of hydrogen-bond donors (Lipinski definition) is 2. The summed E-state index contributed by atoms with van der Waals surface area (Å²) in [6.45, 7) is 22.1. The van der Waals surface area contributed by atoms with Crippen molar-refractivity contribution in [2.75, 3.05) is 26.3 Å². The van der Waals surface area contributed by atoms with E-state index >= 15 is 0 Å². The normalized spacial score (nSPS) is 29.1. The first-order valence-electron chi connectivity index (χ1n) is 18.9. The summed E-state index contributed by atoms with van der Waals surface area (Å²) >= 11 is 0. The molecule has 0 bridgehead atoms. The molecule has 2 saturated carbocycles. The fraction of sp³-hybridized carbons (Fsp3) is 0.652. The fourth-order valence-corrected chi connectivity index (χ4v) is 9.36. The predicted octanol–water partition coefficient (Wildman–Crippen LogP) is 12.9. The molecule has 8 unspecified atom stereocenters. The minimum Gasteiger partial charge on any atom is -0.684 e. The number of benzene rings is 2. The number of nitrogens with zero attached hydrogens (tertiary/aromatic N) is 2. The van der Waals surface area contributed by atoms with Crippen LogP contribution in [0.5, 0.6) is 0 Å². The third-order valence-corrected chi connectivity index (χ3v) is 13.1. The molecule has 2 aliphatic heterocycles. The first-order valence-corrected chi connectivity index (χ1v) is 18.9. The van der Waals surface area contributed by atoms with Crippen molar-refractivity contribution in [2.24, 2.45) is 47.3 Å². The zero-order valence-electron chi connectivity index (χ0n) is 35.5. The van der Waals surface area contributed by atoms with Crippen LogP contribution in [0.4, 0.5) is 11.4 Å². The van der Waals surface area contributed by atoms with Crippen LogP contribution in [0.25, 0.3) is 10.6 Å². The van der Waals surface area contributed by atoms with E-state index in [1.807, 2.05) is 0 Å². The zero-order valence-corrected chi connectivity index (χ0v) is 38.6. The molecule has 2 aliphatic carbocycles. The number of aliphatic hydroxyl groups excluding tert-OH is 2. The standard InChI is InChI=1S/2C18H26N.C6H14O2.4CH3.2Ti/c2*1-11-12(2)14(4)17(13(11)3)16-9-5-7-15-8-6-10-19-18(15)16;7-5-3-1-2-4-6-8;;;;;;/h2*5,7,9,11-14,17H,6,8,10H2,1-4H3;7-8H,1-6H2;4*1H3;;/q2*-1;;4*-1;2*+3. The van der Waals surface area contributed by atoms with Gasteiger partial charge in [-0.2, -0.15) is 0 Å². The molecule has 8 atom stereocenters. The Balaban J connectivity index is -0.000000702. The summed E-state index contributed by atoms with van der Waals surface area (Å²) in [5.74, 6) is 7.76. The van der Waals surface area contributed by atoms with E-state index in [0.29, 0.717) is 11.8 Å². The Kier molecular flexibility index (Phi) is 29.0. The van der Waals surface area contributed by atoms with Crippen LogP contribution in [0, 0.1) is 77.0 Å². The van der Waals surface area contributed by atoms with Crippen molar-refractivity contribution in [2.45, 2.75) is 119 Å². The van der Waals surface area contributed by atoms with Crippen LogP contribution in [0.3, 0.4) is 0 Å². The number of para-hydroxylation sites is 2. The van der Waals surface area contributed by atoms with Gasteiger partial charge in [0.05, 0.1) is 0 Å². The monoisotopic (exact) mass is 787 g/mol. The molecule has 6 heteroatoms. The fourth-order valence-electron chi connectivity index (χ4n) is 9.36. The summed E-state index contributed by atoms with van der Waals surface area (Å²) in [7, 11) is 0. The molecular weight excluding hydrogens is 708 g/mol. The average Bonchev–Trinajstić information content (AvgIpc) is 3.39. The van der Waals surface area contributed by atoms with Crippen LogP contribution in [-0.4, -0.2) is 36.5 Å². The first-order chi connectivity index (χ1) is 22.1. The van der Waals surface area contributed by atoms with E-state index in [9.17, 15) is 0 Å². The van der Waals surface area contributed by atoms with Gasteiger partial charge >= 0.3 is 43.4 Å². The maximum atomic E-state index is 8.30. The van der Waals surface area contributed by atoms with E-state index in [2.05, 4.69) is 91.8 Å². The van der Waals surface area contributed by atoms with Crippen molar-refractivity contribution in [1.29, 1.82) is 0 Å². The van der Waals surface area contributed by atoms with Crippen molar-refractivity contribution < 1.29 is 53.6 Å². The molecule has 2 aromatic rings. The quantitative estimate of drug-likeness (QED) is 0.167. The van der Waals surface area contributed by atoms with Crippen LogP contribution < -0.4 is 0 Å². The number of rotatable bonds is 7. The van der Waals surface area contributed by atoms with Crippen LogP contribution in [0.1, 0.15) is 128 Å². The van der Waals surface area contributed by atoms with Crippen LogP contribution in [-0.2, 0) is 56.3 Å². The number of hydrogen-bond acceptors (Lipinski definition) is 2. The van der Waals surface area contributed by atoms with Gasteiger partial charge in [0.1, 0.15) is 0 Å². The molecule has 0 aromatic heterocycles. The van der Waals surface area contributed by atoms with E-state index in [4.69, 9.17) is 20.8 Å². The summed E-state index contributed by atoms with van der Waals surface area (Å²) in [4.78, 5) is 0. The van der Waals surface area contributed by atoms with Gasteiger partial charge in [-0.05, 0) is 84.9 Å². The Labute approximate surface area is 354 Å². The third-order valence-electron chi connectivity index (χ3n) is 13.1. The maximum absolute atomic E-state index is 8.30. The van der Waals surface area contributed by atoms with Crippen molar-refractivity contribution in [3.8, 4) is 0 Å². The molecule has 6 rings (SSSR count). The third kappa shape index (κ3) is 13.0. The first kappa shape index (κ1) is 55.7. The van der Waals surface area contributed by atoms with Crippen LogP contribution in [0.15, 0.2) is 36.4 Å². The van der Waals surface area contributed by atoms with E-state index < -0.39 is 0 Å². The molecular formula is C46H78N2O2Ti2. The maximum Gasteiger partial charge on any atom is 3.00 e. The number of unbranched alkanes of at least 4 members (excludes halogenated alkanes) is 3. The average molecular weight is 787 g/mol. The van der Waals surface area contributed by atoms with Gasteiger partial charge in [0, 0.05) is 13.2 Å². The Hall–Kier alpha value is -0.611. The van der Waals surface area contributed by atoms with Crippen molar-refractivity contribution in [3.05, 3.63) is 99.0 Å². The molecule has 2 fully saturated rings. The predicted molar refractivity (Wildman–Crippen MR) is 222 cm³/mol. The van der Waals surface area contributed by atoms with Crippen molar-refractivity contribution in [3.63, 3.8) is 0 Å². The number of fused-ring (bicyclic) bond motifs is 2. The Morgan fingerprint density at radius 1 is 0.481 bits per heavy atom. The van der Waals surface area contributed by atoms with Gasteiger partial charge in [-0.3, -0.25) is 0 Å². The Morgan fingerprint density at radius 2 is 0.788 bits per heavy atom. The zero-order chi connectivity index (χ0) is 33.4. The summed E-state index contributed by atoms with van der Waals surface area (Å²) in [5, 5.41) is 26.3. The second-order valence-electron chi connectivity index (χ2n) is 15.5. The largest absolute Gasteiger partial charge is 3.00 e. The molecule has 52 heavy (non-hydrogen) atoms. The topological polar surface area (TPSA) is 68.7 Å². The molecule has 0 amide bonds. The van der Waals surface area contributed by atoms with Crippen molar-refractivity contribution >= 4 is 11.4 Å². The minimum atomic E-state index is 0. The summed E-state index contributed by atoms with van der Waals surface area (Å²) < 4.78 is 0. The van der Waals surface area contributed by atoms with Gasteiger partial charge in [-0.25, -0.2) is 0 Å². The van der Waals surface area contributed by atoms with E-state index in [1.165, 1.54) is 59.3 Å². The van der Waals surface area contributed by atoms with E-state index in [0.717, 1.165) is 86.1 Å². The summed E-state index contributed by atoms with van der Waals surface area (Å²) in [6.07, 6.45) is 8.70. The minimum absolute atomic E-state index is 0. The Bertz CT molecular complexity index is 1100. The molecule has 2 N–H and O–H groups in total. The van der Waals surface area contributed by atoms with Gasteiger partial charge in [0.15, 0.2) is 0 Å². The van der Waals surface area contributed by atoms with Gasteiger partial charge < -0.3 is 50.6 Å².